The van der Waals surface area contributed by atoms with Gasteiger partial charge in [0.1, 0.15) is 11.5 Å². The highest BCUT2D eigenvalue weighted by Gasteiger charge is 2.42. The van der Waals surface area contributed by atoms with E-state index < -0.39 is 19.5 Å². The van der Waals surface area contributed by atoms with E-state index in [1.807, 2.05) is 30.3 Å². The van der Waals surface area contributed by atoms with Gasteiger partial charge in [-0.1, -0.05) is 63.6 Å². The van der Waals surface area contributed by atoms with E-state index in [0.717, 1.165) is 32.1 Å². The summed E-state index contributed by atoms with van der Waals surface area (Å²) in [6.45, 7) is 3.01. The van der Waals surface area contributed by atoms with Crippen molar-refractivity contribution in [3.05, 3.63) is 54.6 Å². The summed E-state index contributed by atoms with van der Waals surface area (Å²) >= 11 is 0. The highest BCUT2D eigenvalue weighted by Crippen LogP contribution is 2.53. The molecule has 1 amide bonds. The number of carbonyl (C=O) groups excluding carboxylic acids is 1. The number of benzene rings is 2. The summed E-state index contributed by atoms with van der Waals surface area (Å²) in [5, 5.41) is 9.94. The Morgan fingerprint density at radius 3 is 2.41 bits per heavy atom. The normalized spacial score (nSPS) is 19.8. The minimum atomic E-state index is -3.51. The molecule has 2 atom stereocenters. The second kappa shape index (κ2) is 13.6. The number of hydroxylamine groups is 1. The lowest BCUT2D eigenvalue weighted by Crippen LogP contribution is -2.46. The predicted octanol–water partition coefficient (Wildman–Crippen LogP) is 6.03. The quantitative estimate of drug-likeness (QED) is 0.164. The van der Waals surface area contributed by atoms with E-state index in [1.165, 1.54) is 19.3 Å². The summed E-state index contributed by atoms with van der Waals surface area (Å²) in [5.41, 5.74) is 1.79. The summed E-state index contributed by atoms with van der Waals surface area (Å²) in [4.78, 5) is 12.7. The van der Waals surface area contributed by atoms with Crippen molar-refractivity contribution in [1.82, 2.24) is 10.2 Å². The van der Waals surface area contributed by atoms with Crippen LogP contribution in [0.2, 0.25) is 0 Å². The average Bonchev–Trinajstić information content (AvgIpc) is 3.06. The van der Waals surface area contributed by atoms with Gasteiger partial charge in [-0.15, -0.1) is 0 Å². The number of carbonyl (C=O) groups is 1. The van der Waals surface area contributed by atoms with Crippen molar-refractivity contribution in [2.45, 2.75) is 70.8 Å². The van der Waals surface area contributed by atoms with E-state index in [9.17, 15) is 14.6 Å². The Morgan fingerprint density at radius 1 is 1.03 bits per heavy atom. The van der Waals surface area contributed by atoms with E-state index in [-0.39, 0.29) is 0 Å². The first-order valence-electron chi connectivity index (χ1n) is 12.4. The molecule has 1 fully saturated rings. The molecule has 0 aromatic heterocycles. The second-order valence-electron chi connectivity index (χ2n) is 8.68. The van der Waals surface area contributed by atoms with Crippen LogP contribution in [0.5, 0.6) is 11.5 Å². The first-order valence-corrected chi connectivity index (χ1v) is 14.0. The van der Waals surface area contributed by atoms with Crippen LogP contribution in [0.3, 0.4) is 0 Å². The average molecular weight is 489 g/mol. The zero-order chi connectivity index (χ0) is 24.2. The Hall–Kier alpha value is -2.18. The topological polar surface area (TPSA) is 88.1 Å². The maximum Gasteiger partial charge on any atom is 0.303 e. The van der Waals surface area contributed by atoms with Crippen molar-refractivity contribution < 1.29 is 23.8 Å². The maximum absolute atomic E-state index is 14.3. The largest absolute Gasteiger partial charge is 0.457 e. The smallest absolute Gasteiger partial charge is 0.303 e. The van der Waals surface area contributed by atoms with Crippen LogP contribution in [0.15, 0.2) is 54.6 Å². The zero-order valence-corrected chi connectivity index (χ0v) is 20.9. The van der Waals surface area contributed by atoms with E-state index in [0.29, 0.717) is 36.4 Å². The van der Waals surface area contributed by atoms with Crippen LogP contribution in [0, 0.1) is 0 Å². The molecule has 0 spiro atoms. The molecule has 1 saturated heterocycles. The highest BCUT2D eigenvalue weighted by molar-refractivity contribution is 7.64. The Morgan fingerprint density at radius 2 is 1.71 bits per heavy atom. The van der Waals surface area contributed by atoms with E-state index in [1.54, 1.807) is 34.4 Å². The van der Waals surface area contributed by atoms with E-state index >= 15 is 0 Å². The number of rotatable bonds is 12. The number of hydrogen-bond donors (Lipinski definition) is 2. The molecule has 186 valence electrons. The van der Waals surface area contributed by atoms with Crippen molar-refractivity contribution in [3.8, 4) is 11.5 Å². The van der Waals surface area contributed by atoms with Gasteiger partial charge in [-0.05, 0) is 55.7 Å². The van der Waals surface area contributed by atoms with Crippen LogP contribution in [0.4, 0.5) is 0 Å². The van der Waals surface area contributed by atoms with Gasteiger partial charge >= 0.3 is 7.52 Å². The number of nitrogens with zero attached hydrogens (tertiary/aromatic N) is 1. The summed E-state index contributed by atoms with van der Waals surface area (Å²) in [7, 11) is -3.51. The molecule has 2 aromatic carbocycles. The number of amides is 1. The first-order chi connectivity index (χ1) is 16.6. The monoisotopic (exact) mass is 488 g/mol. The minimum absolute atomic E-state index is 0.362. The molecule has 7 nitrogen and oxygen atoms in total. The van der Waals surface area contributed by atoms with Crippen molar-refractivity contribution in [2.24, 2.45) is 0 Å². The summed E-state index contributed by atoms with van der Waals surface area (Å²) in [6.07, 6.45) is 8.54. The van der Waals surface area contributed by atoms with Gasteiger partial charge in [0, 0.05) is 6.54 Å². The first kappa shape index (κ1) is 26.4. The van der Waals surface area contributed by atoms with Crippen molar-refractivity contribution in [2.75, 3.05) is 13.2 Å². The molecule has 1 heterocycles. The fraction of sp³-hybridized carbons (Fsp3) is 0.500. The fourth-order valence-electron chi connectivity index (χ4n) is 4.27. The third kappa shape index (κ3) is 7.16. The molecule has 1 aliphatic heterocycles. The SMILES string of the molecule is CCCCCCCCC(C(=O)NO)N1CCCCOP1(=O)c1ccc(Oc2ccccc2)cc1. The van der Waals surface area contributed by atoms with Crippen molar-refractivity contribution >= 4 is 18.7 Å². The van der Waals surface area contributed by atoms with Gasteiger partial charge in [0.05, 0.1) is 18.0 Å². The molecule has 2 N–H and O–H groups in total. The molecular weight excluding hydrogens is 451 g/mol. The number of para-hydroxylation sites is 1. The van der Waals surface area contributed by atoms with Gasteiger partial charge in [0.15, 0.2) is 0 Å². The molecule has 34 heavy (non-hydrogen) atoms. The molecule has 0 bridgehead atoms. The van der Waals surface area contributed by atoms with Crippen LogP contribution in [0.1, 0.15) is 64.7 Å². The third-order valence-corrected chi connectivity index (χ3v) is 8.77. The van der Waals surface area contributed by atoms with E-state index in [4.69, 9.17) is 9.26 Å². The third-order valence-electron chi connectivity index (χ3n) is 6.13. The zero-order valence-electron chi connectivity index (χ0n) is 20.0. The lowest BCUT2D eigenvalue weighted by atomic mass is 10.0. The predicted molar refractivity (Wildman–Crippen MR) is 134 cm³/mol. The molecule has 0 aliphatic carbocycles. The molecule has 0 radical (unpaired) electrons. The molecule has 2 unspecified atom stereocenters. The number of ether oxygens (including phenoxy) is 1. The minimum Gasteiger partial charge on any atom is -0.457 e. The van der Waals surface area contributed by atoms with Crippen LogP contribution >= 0.6 is 7.52 Å². The number of hydrogen-bond acceptors (Lipinski definition) is 5. The Bertz CT molecular complexity index is 923. The molecule has 2 aromatic rings. The van der Waals surface area contributed by atoms with Gasteiger partial charge < -0.3 is 9.26 Å². The molecule has 1 aliphatic rings. The van der Waals surface area contributed by atoms with Gasteiger partial charge in [-0.25, -0.2) is 10.2 Å². The second-order valence-corrected chi connectivity index (χ2v) is 11.0. The summed E-state index contributed by atoms with van der Waals surface area (Å²) in [5.74, 6) is 0.802. The Kier molecular flexibility index (Phi) is 10.6. The van der Waals surface area contributed by atoms with Gasteiger partial charge in [0.2, 0.25) is 0 Å². The van der Waals surface area contributed by atoms with Crippen LogP contribution in [-0.2, 0) is 13.9 Å². The van der Waals surface area contributed by atoms with Crippen LogP contribution in [-0.4, -0.2) is 35.0 Å². The summed E-state index contributed by atoms with van der Waals surface area (Å²) in [6, 6.07) is 15.8. The Labute approximate surface area is 202 Å². The molecule has 3 rings (SSSR count). The number of unbranched alkanes of at least 4 members (excludes halogenated alkanes) is 5. The van der Waals surface area contributed by atoms with Crippen LogP contribution in [0.25, 0.3) is 0 Å². The van der Waals surface area contributed by atoms with Gasteiger partial charge in [-0.3, -0.25) is 14.6 Å². The van der Waals surface area contributed by atoms with Crippen LogP contribution < -0.4 is 15.5 Å². The summed E-state index contributed by atoms with van der Waals surface area (Å²) < 4.78 is 27.8. The van der Waals surface area contributed by atoms with E-state index in [2.05, 4.69) is 6.92 Å². The Balaban J connectivity index is 1.78. The lowest BCUT2D eigenvalue weighted by molar-refractivity contribution is -0.133. The molecule has 0 saturated carbocycles. The lowest BCUT2D eigenvalue weighted by Gasteiger charge is -2.34. The molecular formula is C26H37N2O5P. The number of nitrogens with one attached hydrogen (secondary N) is 1. The van der Waals surface area contributed by atoms with Crippen molar-refractivity contribution in [1.29, 1.82) is 0 Å². The standard InChI is InChI=1S/C26H37N2O5P/c1-2-3-4-5-6-10-15-25(26(29)27-30)28-20-11-12-21-32-34(28,31)24-18-16-23(17-19-24)33-22-13-8-7-9-14-22/h7-9,13-14,16-19,25,30H,2-6,10-12,15,20-21H2,1H3,(H,27,29). The van der Waals surface area contributed by atoms with Gasteiger partial charge in [-0.2, -0.15) is 0 Å². The van der Waals surface area contributed by atoms with Gasteiger partial charge in [0.25, 0.3) is 5.91 Å². The van der Waals surface area contributed by atoms with Crippen molar-refractivity contribution in [3.63, 3.8) is 0 Å². The highest BCUT2D eigenvalue weighted by atomic mass is 31.2. The molecule has 8 heteroatoms. The maximum atomic E-state index is 14.3. The fourth-order valence-corrected chi connectivity index (χ4v) is 6.76.